The molecule has 0 radical (unpaired) electrons. The van der Waals surface area contributed by atoms with Crippen LogP contribution in [0.5, 0.6) is 0 Å². The Kier molecular flexibility index (Phi) is 6.19. The molecule has 29 heavy (non-hydrogen) atoms. The number of allylic oxidation sites excluding steroid dienone is 3. The number of carbonyl (C=O) groups is 2. The third kappa shape index (κ3) is 4.26. The highest BCUT2D eigenvalue weighted by Gasteiger charge is 2.40. The summed E-state index contributed by atoms with van der Waals surface area (Å²) in [7, 11) is 0. The van der Waals surface area contributed by atoms with Crippen molar-refractivity contribution in [3.63, 3.8) is 0 Å². The Bertz CT molecular complexity index is 918. The second kappa shape index (κ2) is 8.32. The average molecular weight is 431 g/mol. The molecule has 0 spiro atoms. The summed E-state index contributed by atoms with van der Waals surface area (Å²) < 4.78 is 0.285. The molecule has 1 aromatic rings. The van der Waals surface area contributed by atoms with Crippen LogP contribution in [0.1, 0.15) is 39.7 Å². The Morgan fingerprint density at radius 2 is 1.93 bits per heavy atom. The third-order valence-electron chi connectivity index (χ3n) is 5.29. The first-order chi connectivity index (χ1) is 13.6. The molecule has 2 aliphatic heterocycles. The van der Waals surface area contributed by atoms with E-state index in [1.165, 1.54) is 11.3 Å². The van der Waals surface area contributed by atoms with Crippen LogP contribution in [0.4, 0.5) is 5.69 Å². The van der Waals surface area contributed by atoms with E-state index in [1.54, 1.807) is 6.08 Å². The molecule has 2 heterocycles. The number of aliphatic carboxylic acids is 1. The molecule has 1 saturated heterocycles. The third-order valence-corrected chi connectivity index (χ3v) is 6.68. The van der Waals surface area contributed by atoms with E-state index in [0.29, 0.717) is 10.8 Å². The molecule has 2 aliphatic rings. The Morgan fingerprint density at radius 3 is 2.59 bits per heavy atom. The van der Waals surface area contributed by atoms with Crippen LogP contribution < -0.4 is 4.90 Å². The van der Waals surface area contributed by atoms with Gasteiger partial charge in [-0.25, -0.2) is 0 Å². The van der Waals surface area contributed by atoms with Gasteiger partial charge in [-0.2, -0.15) is 0 Å². The summed E-state index contributed by atoms with van der Waals surface area (Å²) in [5.41, 5.74) is 3.40. The maximum atomic E-state index is 12.6. The van der Waals surface area contributed by atoms with E-state index in [2.05, 4.69) is 56.9 Å². The minimum absolute atomic E-state index is 0.196. The van der Waals surface area contributed by atoms with E-state index in [1.807, 2.05) is 6.08 Å². The zero-order valence-corrected chi connectivity index (χ0v) is 18.8. The van der Waals surface area contributed by atoms with Crippen LogP contribution >= 0.6 is 24.0 Å². The molecule has 1 fully saturated rings. The summed E-state index contributed by atoms with van der Waals surface area (Å²) in [6.07, 6.45) is 4.84. The Morgan fingerprint density at radius 1 is 1.24 bits per heavy atom. The smallest absolute Gasteiger partial charge is 0.323 e. The number of amides is 1. The van der Waals surface area contributed by atoms with E-state index in [4.69, 9.17) is 17.3 Å². The molecular formula is C22H26N2O3S2. The summed E-state index contributed by atoms with van der Waals surface area (Å²) in [5.74, 6) is -0.839. The highest BCUT2D eigenvalue weighted by atomic mass is 32.2. The Balaban J connectivity index is 1.96. The van der Waals surface area contributed by atoms with Gasteiger partial charge in [0.15, 0.2) is 0 Å². The van der Waals surface area contributed by atoms with Crippen LogP contribution in [0.25, 0.3) is 0 Å². The van der Waals surface area contributed by atoms with Crippen LogP contribution in [-0.2, 0) is 15.0 Å². The standard InChI is InChI=1S/C22H26N2O3S2/c1-14(2)11-12-23-16-8-6-5-7-15(16)22(3,4)18(23)10-9-17-20(27)24(13-19(25)26)21(28)29-17/h5-10,14H,11-13H2,1-4H3,(H,25,26). The molecule has 1 aromatic carbocycles. The van der Waals surface area contributed by atoms with E-state index in [9.17, 15) is 9.59 Å². The number of carboxylic acid groups (broad SMARTS) is 1. The molecule has 0 saturated carbocycles. The van der Waals surface area contributed by atoms with Crippen molar-refractivity contribution in [2.45, 2.75) is 39.5 Å². The van der Waals surface area contributed by atoms with Crippen LogP contribution in [0.3, 0.4) is 0 Å². The van der Waals surface area contributed by atoms with E-state index >= 15 is 0 Å². The number of nitrogens with zero attached hydrogens (tertiary/aromatic N) is 2. The van der Waals surface area contributed by atoms with E-state index in [0.717, 1.165) is 35.3 Å². The van der Waals surface area contributed by atoms with Crippen LogP contribution in [-0.4, -0.2) is 39.3 Å². The van der Waals surface area contributed by atoms with Crippen molar-refractivity contribution in [3.8, 4) is 0 Å². The summed E-state index contributed by atoms with van der Waals surface area (Å²) >= 11 is 6.34. The van der Waals surface area contributed by atoms with Crippen LogP contribution in [0, 0.1) is 5.92 Å². The van der Waals surface area contributed by atoms with Gasteiger partial charge in [-0.3, -0.25) is 14.5 Å². The molecule has 0 aromatic heterocycles. The maximum Gasteiger partial charge on any atom is 0.323 e. The number of rotatable bonds is 6. The van der Waals surface area contributed by atoms with Gasteiger partial charge in [0, 0.05) is 23.3 Å². The lowest BCUT2D eigenvalue weighted by Gasteiger charge is -2.27. The number of thioether (sulfide) groups is 1. The van der Waals surface area contributed by atoms with Crippen molar-refractivity contribution in [1.29, 1.82) is 0 Å². The predicted molar refractivity (Wildman–Crippen MR) is 122 cm³/mol. The summed E-state index contributed by atoms with van der Waals surface area (Å²) in [6.45, 7) is 9.30. The molecule has 5 nitrogen and oxygen atoms in total. The molecule has 1 amide bonds. The monoisotopic (exact) mass is 430 g/mol. The van der Waals surface area contributed by atoms with Gasteiger partial charge in [-0.15, -0.1) is 0 Å². The first kappa shape index (κ1) is 21.6. The molecule has 7 heteroatoms. The summed E-state index contributed by atoms with van der Waals surface area (Å²) in [5, 5.41) is 9.00. The Labute approximate surface area is 181 Å². The lowest BCUT2D eigenvalue weighted by atomic mass is 9.84. The number of anilines is 1. The van der Waals surface area contributed by atoms with Crippen molar-refractivity contribution in [2.24, 2.45) is 5.92 Å². The van der Waals surface area contributed by atoms with Gasteiger partial charge >= 0.3 is 5.97 Å². The van der Waals surface area contributed by atoms with Crippen molar-refractivity contribution < 1.29 is 14.7 Å². The number of para-hydroxylation sites is 1. The number of carbonyl (C=O) groups excluding carboxylic acids is 1. The van der Waals surface area contributed by atoms with Gasteiger partial charge in [0.05, 0.1) is 4.91 Å². The largest absolute Gasteiger partial charge is 0.480 e. The fourth-order valence-corrected chi connectivity index (χ4v) is 4.91. The fraction of sp³-hybridized carbons (Fsp3) is 0.409. The summed E-state index contributed by atoms with van der Waals surface area (Å²) in [6, 6.07) is 8.41. The van der Waals surface area contributed by atoms with Crippen molar-refractivity contribution in [3.05, 3.63) is 52.6 Å². The number of thiocarbonyl (C=S) groups is 1. The molecule has 0 unspecified atom stereocenters. The Hall–Kier alpha value is -2.12. The zero-order chi connectivity index (χ0) is 21.3. The number of fused-ring (bicyclic) bond motifs is 1. The fourth-order valence-electron chi connectivity index (χ4n) is 3.71. The lowest BCUT2D eigenvalue weighted by molar-refractivity contribution is -0.140. The van der Waals surface area contributed by atoms with E-state index in [-0.39, 0.29) is 15.6 Å². The van der Waals surface area contributed by atoms with Crippen LogP contribution in [0.2, 0.25) is 0 Å². The number of benzene rings is 1. The first-order valence-electron chi connectivity index (χ1n) is 9.68. The highest BCUT2D eigenvalue weighted by molar-refractivity contribution is 8.26. The van der Waals surface area contributed by atoms with Gasteiger partial charge in [0.25, 0.3) is 5.91 Å². The molecule has 3 rings (SSSR count). The maximum absolute atomic E-state index is 12.6. The van der Waals surface area contributed by atoms with Gasteiger partial charge in [0.1, 0.15) is 10.9 Å². The van der Waals surface area contributed by atoms with E-state index < -0.39 is 12.5 Å². The van der Waals surface area contributed by atoms with Crippen LogP contribution in [0.15, 0.2) is 47.0 Å². The van der Waals surface area contributed by atoms with Crippen molar-refractivity contribution in [1.82, 2.24) is 4.90 Å². The topological polar surface area (TPSA) is 60.9 Å². The lowest BCUT2D eigenvalue weighted by Crippen LogP contribution is -2.33. The number of hydrogen-bond acceptors (Lipinski definition) is 5. The predicted octanol–water partition coefficient (Wildman–Crippen LogP) is 4.54. The first-order valence-corrected chi connectivity index (χ1v) is 10.9. The van der Waals surface area contributed by atoms with Crippen molar-refractivity contribution >= 4 is 45.9 Å². The molecule has 0 bridgehead atoms. The minimum Gasteiger partial charge on any atom is -0.480 e. The van der Waals surface area contributed by atoms with Gasteiger partial charge in [-0.1, -0.05) is 69.9 Å². The molecule has 1 N–H and O–H groups in total. The van der Waals surface area contributed by atoms with Gasteiger partial charge < -0.3 is 10.0 Å². The average Bonchev–Trinajstić information content (AvgIpc) is 3.03. The number of carboxylic acids is 1. The minimum atomic E-state index is -1.08. The molecule has 154 valence electrons. The summed E-state index contributed by atoms with van der Waals surface area (Å²) in [4.78, 5) is 27.5. The highest BCUT2D eigenvalue weighted by Crippen LogP contribution is 2.48. The van der Waals surface area contributed by atoms with Crippen molar-refractivity contribution in [2.75, 3.05) is 18.0 Å². The normalized spacial score (nSPS) is 21.0. The molecule has 0 aliphatic carbocycles. The second-order valence-corrected chi connectivity index (χ2v) is 9.89. The second-order valence-electron chi connectivity index (χ2n) is 8.21. The quantitative estimate of drug-likeness (QED) is 0.528. The molecule has 0 atom stereocenters. The zero-order valence-electron chi connectivity index (χ0n) is 17.1. The molecular weight excluding hydrogens is 404 g/mol. The SMILES string of the molecule is CC(C)CCN1C(=CC=C2SC(=S)N(CC(=O)O)C2=O)C(C)(C)c2ccccc21. The van der Waals surface area contributed by atoms with Gasteiger partial charge in [-0.05, 0) is 36.1 Å². The van der Waals surface area contributed by atoms with Gasteiger partial charge in [0.2, 0.25) is 0 Å². The number of hydrogen-bond donors (Lipinski definition) is 1.